The fraction of sp³-hybridized carbons (Fsp3) is 0.312. The molecule has 0 fully saturated rings. The van der Waals surface area contributed by atoms with Crippen molar-refractivity contribution in [3.05, 3.63) is 29.3 Å². The molecule has 2 amide bonds. The number of hydrogen-bond acceptors (Lipinski definition) is 6. The maximum atomic E-state index is 12.3. The van der Waals surface area contributed by atoms with Crippen LogP contribution < -0.4 is 30.4 Å². The lowest BCUT2D eigenvalue weighted by molar-refractivity contribution is -0.116. The number of carbonyl (C=O) groups is 2. The lowest BCUT2D eigenvalue weighted by Gasteiger charge is -2.15. The van der Waals surface area contributed by atoms with Gasteiger partial charge in [0.15, 0.2) is 16.6 Å². The van der Waals surface area contributed by atoms with E-state index in [-0.39, 0.29) is 16.6 Å². The largest absolute Gasteiger partial charge is 0.493 e. The summed E-state index contributed by atoms with van der Waals surface area (Å²) in [7, 11) is 4.37. The van der Waals surface area contributed by atoms with Gasteiger partial charge in [-0.15, -0.1) is 0 Å². The molecule has 25 heavy (non-hydrogen) atoms. The molecule has 0 aliphatic rings. The Balaban J connectivity index is 2.81. The number of nitrogens with one attached hydrogen (secondary N) is 3. The van der Waals surface area contributed by atoms with Crippen molar-refractivity contribution in [1.29, 1.82) is 0 Å². The van der Waals surface area contributed by atoms with Gasteiger partial charge >= 0.3 is 0 Å². The minimum absolute atomic E-state index is 0.0352. The Kier molecular flexibility index (Phi) is 7.67. The molecule has 0 radical (unpaired) electrons. The molecule has 0 saturated heterocycles. The van der Waals surface area contributed by atoms with E-state index in [2.05, 4.69) is 16.2 Å². The highest BCUT2D eigenvalue weighted by Crippen LogP contribution is 2.38. The second kappa shape index (κ2) is 9.48. The van der Waals surface area contributed by atoms with E-state index in [0.717, 1.165) is 0 Å². The van der Waals surface area contributed by atoms with Gasteiger partial charge in [-0.2, -0.15) is 0 Å². The normalized spacial score (nSPS) is 10.5. The minimum Gasteiger partial charge on any atom is -0.493 e. The van der Waals surface area contributed by atoms with Crippen LogP contribution in [-0.2, 0) is 4.79 Å². The maximum absolute atomic E-state index is 12.3. The standard InChI is InChI=1S/C16H21N3O5S/c1-6-9(2)14(20)17-16(25)19-18-15(21)10-7-11(22-3)13(24-5)12(8-10)23-4/h6-8H,1-5H3,(H,18,21)(H2,17,19,20,25)/b9-6+. The molecule has 1 aromatic rings. The van der Waals surface area contributed by atoms with Gasteiger partial charge in [0.2, 0.25) is 5.75 Å². The van der Waals surface area contributed by atoms with E-state index >= 15 is 0 Å². The first-order chi connectivity index (χ1) is 11.9. The SMILES string of the molecule is C/C=C(\C)C(=O)NC(=S)NNC(=O)c1cc(OC)c(OC)c(OC)c1. The topological polar surface area (TPSA) is 97.9 Å². The Hall–Kier alpha value is -2.81. The monoisotopic (exact) mass is 367 g/mol. The molecule has 0 atom stereocenters. The molecule has 0 aliphatic carbocycles. The summed E-state index contributed by atoms with van der Waals surface area (Å²) in [5.74, 6) is 0.193. The van der Waals surface area contributed by atoms with Crippen LogP contribution in [0.2, 0.25) is 0 Å². The number of allylic oxidation sites excluding steroid dienone is 1. The van der Waals surface area contributed by atoms with Crippen LogP contribution in [-0.4, -0.2) is 38.3 Å². The highest BCUT2D eigenvalue weighted by atomic mass is 32.1. The maximum Gasteiger partial charge on any atom is 0.269 e. The highest BCUT2D eigenvalue weighted by Gasteiger charge is 2.17. The zero-order valence-corrected chi connectivity index (χ0v) is 15.5. The molecule has 0 bridgehead atoms. The third-order valence-corrected chi connectivity index (χ3v) is 3.44. The summed E-state index contributed by atoms with van der Waals surface area (Å²) in [6, 6.07) is 2.98. The number of methoxy groups -OCH3 is 3. The third-order valence-electron chi connectivity index (χ3n) is 3.23. The molecular weight excluding hydrogens is 346 g/mol. The predicted molar refractivity (Wildman–Crippen MR) is 96.9 cm³/mol. The van der Waals surface area contributed by atoms with Gasteiger partial charge in [0, 0.05) is 11.1 Å². The zero-order valence-electron chi connectivity index (χ0n) is 14.7. The van der Waals surface area contributed by atoms with Crippen molar-refractivity contribution in [1.82, 2.24) is 16.2 Å². The molecule has 9 heteroatoms. The van der Waals surface area contributed by atoms with Crippen molar-refractivity contribution in [3.63, 3.8) is 0 Å². The first-order valence-electron chi connectivity index (χ1n) is 7.22. The number of carbonyl (C=O) groups excluding carboxylic acids is 2. The average Bonchev–Trinajstić information content (AvgIpc) is 2.63. The van der Waals surface area contributed by atoms with Gasteiger partial charge in [0.25, 0.3) is 11.8 Å². The summed E-state index contributed by atoms with van der Waals surface area (Å²) < 4.78 is 15.6. The second-order valence-corrected chi connectivity index (χ2v) is 5.16. The van der Waals surface area contributed by atoms with Crippen LogP contribution in [0.3, 0.4) is 0 Å². The highest BCUT2D eigenvalue weighted by molar-refractivity contribution is 7.80. The number of hydrazine groups is 1. The quantitative estimate of drug-likeness (QED) is 0.410. The lowest BCUT2D eigenvalue weighted by Crippen LogP contribution is -2.48. The molecule has 0 aliphatic heterocycles. The Morgan fingerprint density at radius 1 is 1.04 bits per heavy atom. The number of thiocarbonyl (C=S) groups is 1. The van der Waals surface area contributed by atoms with E-state index < -0.39 is 5.91 Å². The van der Waals surface area contributed by atoms with Crippen LogP contribution in [0.15, 0.2) is 23.8 Å². The Labute approximate surface area is 151 Å². The van der Waals surface area contributed by atoms with Crippen LogP contribution >= 0.6 is 12.2 Å². The van der Waals surface area contributed by atoms with E-state index in [0.29, 0.717) is 22.8 Å². The lowest BCUT2D eigenvalue weighted by atomic mass is 10.1. The summed E-state index contributed by atoms with van der Waals surface area (Å²) in [6.45, 7) is 3.38. The molecule has 1 aromatic carbocycles. The van der Waals surface area contributed by atoms with Gasteiger partial charge in [-0.3, -0.25) is 25.8 Å². The molecular formula is C16H21N3O5S. The third kappa shape index (κ3) is 5.35. The zero-order chi connectivity index (χ0) is 19.0. The number of benzene rings is 1. The van der Waals surface area contributed by atoms with E-state index in [9.17, 15) is 9.59 Å². The van der Waals surface area contributed by atoms with Crippen LogP contribution in [0.5, 0.6) is 17.2 Å². The van der Waals surface area contributed by atoms with E-state index in [4.69, 9.17) is 26.4 Å². The average molecular weight is 367 g/mol. The summed E-state index contributed by atoms with van der Waals surface area (Å²) in [5.41, 5.74) is 5.59. The number of ether oxygens (including phenoxy) is 3. The minimum atomic E-state index is -0.501. The van der Waals surface area contributed by atoms with Gasteiger partial charge in [0.1, 0.15) is 0 Å². The smallest absolute Gasteiger partial charge is 0.269 e. The second-order valence-electron chi connectivity index (χ2n) is 4.75. The number of rotatable bonds is 5. The van der Waals surface area contributed by atoms with Crippen molar-refractivity contribution in [2.45, 2.75) is 13.8 Å². The summed E-state index contributed by atoms with van der Waals surface area (Å²) in [4.78, 5) is 23.9. The molecule has 0 spiro atoms. The van der Waals surface area contributed by atoms with Crippen LogP contribution in [0.25, 0.3) is 0 Å². The van der Waals surface area contributed by atoms with Gasteiger partial charge in [-0.25, -0.2) is 0 Å². The molecule has 0 saturated carbocycles. The first kappa shape index (κ1) is 20.2. The van der Waals surface area contributed by atoms with Gasteiger partial charge < -0.3 is 14.2 Å². The van der Waals surface area contributed by atoms with Crippen LogP contribution in [0.4, 0.5) is 0 Å². The molecule has 0 heterocycles. The van der Waals surface area contributed by atoms with Crippen molar-refractivity contribution in [2.75, 3.05) is 21.3 Å². The van der Waals surface area contributed by atoms with Gasteiger partial charge in [-0.05, 0) is 38.2 Å². The first-order valence-corrected chi connectivity index (χ1v) is 7.63. The summed E-state index contributed by atoms with van der Waals surface area (Å²) in [5, 5.41) is 2.39. The molecule has 0 aromatic heterocycles. The number of hydrogen-bond donors (Lipinski definition) is 3. The summed E-state index contributed by atoms with van der Waals surface area (Å²) >= 11 is 4.95. The number of amides is 2. The van der Waals surface area contributed by atoms with Crippen molar-refractivity contribution in [3.8, 4) is 17.2 Å². The van der Waals surface area contributed by atoms with Gasteiger partial charge in [-0.1, -0.05) is 6.08 Å². The molecule has 0 unspecified atom stereocenters. The van der Waals surface area contributed by atoms with Crippen LogP contribution in [0.1, 0.15) is 24.2 Å². The molecule has 1 rings (SSSR count). The fourth-order valence-corrected chi connectivity index (χ4v) is 1.91. The van der Waals surface area contributed by atoms with Gasteiger partial charge in [0.05, 0.1) is 21.3 Å². The Morgan fingerprint density at radius 3 is 2.04 bits per heavy atom. The summed E-state index contributed by atoms with van der Waals surface area (Å²) in [6.07, 6.45) is 1.65. The molecule has 8 nitrogen and oxygen atoms in total. The van der Waals surface area contributed by atoms with Crippen LogP contribution in [0, 0.1) is 0 Å². The van der Waals surface area contributed by atoms with Crippen molar-refractivity contribution in [2.24, 2.45) is 0 Å². The molecule has 136 valence electrons. The molecule has 3 N–H and O–H groups in total. The van der Waals surface area contributed by atoms with E-state index in [1.54, 1.807) is 19.9 Å². The van der Waals surface area contributed by atoms with E-state index in [1.807, 2.05) is 0 Å². The van der Waals surface area contributed by atoms with Crippen molar-refractivity contribution >= 4 is 29.1 Å². The Bertz CT molecular complexity index is 678. The van der Waals surface area contributed by atoms with E-state index in [1.165, 1.54) is 33.5 Å². The van der Waals surface area contributed by atoms with Crippen molar-refractivity contribution < 1.29 is 23.8 Å². The predicted octanol–water partition coefficient (Wildman–Crippen LogP) is 1.31. The Morgan fingerprint density at radius 2 is 1.60 bits per heavy atom. The fourth-order valence-electron chi connectivity index (χ4n) is 1.76.